The summed E-state index contributed by atoms with van der Waals surface area (Å²) in [6.07, 6.45) is 1.22. The molecule has 2 aliphatic rings. The van der Waals surface area contributed by atoms with Crippen molar-refractivity contribution in [3.8, 4) is 0 Å². The third-order valence-electron chi connectivity index (χ3n) is 4.43. The van der Waals surface area contributed by atoms with Gasteiger partial charge in [-0.1, -0.05) is 37.3 Å². The van der Waals surface area contributed by atoms with Gasteiger partial charge in [-0.3, -0.25) is 4.90 Å². The summed E-state index contributed by atoms with van der Waals surface area (Å²) in [6.45, 7) is 7.33. The molecule has 1 aromatic carbocycles. The van der Waals surface area contributed by atoms with E-state index < -0.39 is 0 Å². The molecule has 2 fully saturated rings. The van der Waals surface area contributed by atoms with Crippen molar-refractivity contribution in [3.05, 3.63) is 35.9 Å². The van der Waals surface area contributed by atoms with E-state index >= 15 is 0 Å². The fourth-order valence-corrected chi connectivity index (χ4v) is 3.53. The minimum absolute atomic E-state index is 0. The molecule has 100 valence electrons. The second-order valence-electron chi connectivity index (χ2n) is 5.47. The first-order valence-corrected chi connectivity index (χ1v) is 6.88. The zero-order valence-electron chi connectivity index (χ0n) is 11.0. The number of hydrogen-bond donors (Lipinski definition) is 1. The molecule has 1 aromatic rings. The summed E-state index contributed by atoms with van der Waals surface area (Å²) in [5.74, 6) is 1.79. The highest BCUT2D eigenvalue weighted by atomic mass is 35.5. The number of hydrogen-bond acceptors (Lipinski definition) is 2. The molecular formula is C15H23ClN2. The lowest BCUT2D eigenvalue weighted by atomic mass is 10.0. The fourth-order valence-electron chi connectivity index (χ4n) is 3.53. The molecule has 2 aliphatic heterocycles. The van der Waals surface area contributed by atoms with Crippen molar-refractivity contribution >= 4 is 12.4 Å². The van der Waals surface area contributed by atoms with E-state index in [4.69, 9.17) is 0 Å². The van der Waals surface area contributed by atoms with Gasteiger partial charge >= 0.3 is 0 Å². The molecule has 3 atom stereocenters. The summed E-state index contributed by atoms with van der Waals surface area (Å²) in [5, 5.41) is 3.51. The van der Waals surface area contributed by atoms with Crippen LogP contribution in [0.2, 0.25) is 0 Å². The molecule has 2 saturated heterocycles. The van der Waals surface area contributed by atoms with E-state index in [1.807, 2.05) is 0 Å². The van der Waals surface area contributed by atoms with Crippen LogP contribution < -0.4 is 5.32 Å². The van der Waals surface area contributed by atoms with E-state index in [-0.39, 0.29) is 12.4 Å². The molecule has 0 aromatic heterocycles. The normalized spacial score (nSPS) is 28.7. The SMILES string of the molecule is CCC(c1ccccc1)N1C[C@H]2CNC[C@H]2C1.Cl. The molecule has 0 amide bonds. The largest absolute Gasteiger partial charge is 0.316 e. The summed E-state index contributed by atoms with van der Waals surface area (Å²) < 4.78 is 0. The van der Waals surface area contributed by atoms with Crippen molar-refractivity contribution in [2.24, 2.45) is 11.8 Å². The highest BCUT2D eigenvalue weighted by Crippen LogP contribution is 2.34. The Labute approximate surface area is 116 Å². The van der Waals surface area contributed by atoms with Crippen LogP contribution in [0.1, 0.15) is 24.9 Å². The first-order valence-electron chi connectivity index (χ1n) is 6.88. The number of likely N-dealkylation sites (tertiary alicyclic amines) is 1. The summed E-state index contributed by atoms with van der Waals surface area (Å²) in [4.78, 5) is 2.70. The van der Waals surface area contributed by atoms with Gasteiger partial charge in [0.25, 0.3) is 0 Å². The Morgan fingerprint density at radius 1 is 1.17 bits per heavy atom. The molecule has 0 bridgehead atoms. The van der Waals surface area contributed by atoms with E-state index in [0.29, 0.717) is 6.04 Å². The van der Waals surface area contributed by atoms with Crippen LogP contribution in [-0.2, 0) is 0 Å². The van der Waals surface area contributed by atoms with Crippen molar-refractivity contribution in [2.75, 3.05) is 26.2 Å². The van der Waals surface area contributed by atoms with Gasteiger partial charge in [0, 0.05) is 19.1 Å². The number of halogens is 1. The summed E-state index contributed by atoms with van der Waals surface area (Å²) >= 11 is 0. The van der Waals surface area contributed by atoms with Crippen LogP contribution in [0.15, 0.2) is 30.3 Å². The second kappa shape index (κ2) is 6.05. The number of benzene rings is 1. The maximum atomic E-state index is 3.51. The quantitative estimate of drug-likeness (QED) is 0.905. The highest BCUT2D eigenvalue weighted by molar-refractivity contribution is 5.85. The van der Waals surface area contributed by atoms with Crippen LogP contribution >= 0.6 is 12.4 Å². The van der Waals surface area contributed by atoms with E-state index in [0.717, 1.165) is 11.8 Å². The Hall–Kier alpha value is -0.570. The van der Waals surface area contributed by atoms with Crippen LogP contribution in [0.5, 0.6) is 0 Å². The van der Waals surface area contributed by atoms with Crippen molar-refractivity contribution in [2.45, 2.75) is 19.4 Å². The third kappa shape index (κ3) is 2.56. The number of rotatable bonds is 3. The van der Waals surface area contributed by atoms with Crippen molar-refractivity contribution in [3.63, 3.8) is 0 Å². The van der Waals surface area contributed by atoms with Gasteiger partial charge in [-0.15, -0.1) is 12.4 Å². The molecule has 0 saturated carbocycles. The third-order valence-corrected chi connectivity index (χ3v) is 4.43. The average molecular weight is 267 g/mol. The van der Waals surface area contributed by atoms with Gasteiger partial charge in [-0.05, 0) is 36.9 Å². The lowest BCUT2D eigenvalue weighted by Crippen LogP contribution is -2.29. The summed E-state index contributed by atoms with van der Waals surface area (Å²) in [5.41, 5.74) is 1.49. The van der Waals surface area contributed by atoms with E-state index in [1.54, 1.807) is 0 Å². The van der Waals surface area contributed by atoms with Gasteiger partial charge < -0.3 is 5.32 Å². The monoisotopic (exact) mass is 266 g/mol. The van der Waals surface area contributed by atoms with Crippen molar-refractivity contribution in [1.29, 1.82) is 0 Å². The van der Waals surface area contributed by atoms with Crippen LogP contribution in [0, 0.1) is 11.8 Å². The van der Waals surface area contributed by atoms with Gasteiger partial charge in [-0.2, -0.15) is 0 Å². The molecule has 0 aliphatic carbocycles. The number of fused-ring (bicyclic) bond motifs is 1. The smallest absolute Gasteiger partial charge is 0.0345 e. The first kappa shape index (κ1) is 13.9. The lowest BCUT2D eigenvalue weighted by Gasteiger charge is -2.28. The minimum Gasteiger partial charge on any atom is -0.316 e. The van der Waals surface area contributed by atoms with Gasteiger partial charge in [0.15, 0.2) is 0 Å². The molecule has 18 heavy (non-hydrogen) atoms. The topological polar surface area (TPSA) is 15.3 Å². The summed E-state index contributed by atoms with van der Waals surface area (Å²) in [6, 6.07) is 11.6. The molecule has 3 heteroatoms. The van der Waals surface area contributed by atoms with Gasteiger partial charge in [-0.25, -0.2) is 0 Å². The van der Waals surface area contributed by atoms with Gasteiger partial charge in [0.2, 0.25) is 0 Å². The number of nitrogens with zero attached hydrogens (tertiary/aromatic N) is 1. The van der Waals surface area contributed by atoms with Crippen molar-refractivity contribution < 1.29 is 0 Å². The highest BCUT2D eigenvalue weighted by Gasteiger charge is 2.38. The molecule has 1 unspecified atom stereocenters. The molecule has 0 radical (unpaired) electrons. The molecule has 2 heterocycles. The van der Waals surface area contributed by atoms with Gasteiger partial charge in [0.05, 0.1) is 0 Å². The molecular weight excluding hydrogens is 244 g/mol. The maximum Gasteiger partial charge on any atom is 0.0345 e. The van der Waals surface area contributed by atoms with E-state index in [9.17, 15) is 0 Å². The first-order chi connectivity index (χ1) is 8.38. The lowest BCUT2D eigenvalue weighted by molar-refractivity contribution is 0.222. The Balaban J connectivity index is 0.00000120. The summed E-state index contributed by atoms with van der Waals surface area (Å²) in [7, 11) is 0. The van der Waals surface area contributed by atoms with Crippen LogP contribution in [0.25, 0.3) is 0 Å². The maximum absolute atomic E-state index is 3.51. The van der Waals surface area contributed by atoms with E-state index in [2.05, 4.69) is 47.5 Å². The second-order valence-corrected chi connectivity index (χ2v) is 5.47. The number of nitrogens with one attached hydrogen (secondary N) is 1. The Bertz CT molecular complexity index is 356. The molecule has 1 N–H and O–H groups in total. The Morgan fingerprint density at radius 2 is 1.78 bits per heavy atom. The Kier molecular flexibility index (Phi) is 4.66. The zero-order valence-corrected chi connectivity index (χ0v) is 11.8. The van der Waals surface area contributed by atoms with Crippen LogP contribution in [0.4, 0.5) is 0 Å². The van der Waals surface area contributed by atoms with Crippen LogP contribution in [0.3, 0.4) is 0 Å². The predicted octanol–water partition coefficient (Wildman–Crippen LogP) is 2.71. The fraction of sp³-hybridized carbons (Fsp3) is 0.600. The van der Waals surface area contributed by atoms with Gasteiger partial charge in [0.1, 0.15) is 0 Å². The zero-order chi connectivity index (χ0) is 11.7. The molecule has 0 spiro atoms. The van der Waals surface area contributed by atoms with Crippen molar-refractivity contribution in [1.82, 2.24) is 10.2 Å². The Morgan fingerprint density at radius 3 is 2.33 bits per heavy atom. The van der Waals surface area contributed by atoms with Crippen LogP contribution in [-0.4, -0.2) is 31.1 Å². The molecule has 3 rings (SSSR count). The van der Waals surface area contributed by atoms with E-state index in [1.165, 1.54) is 38.2 Å². The minimum atomic E-state index is 0. The predicted molar refractivity (Wildman–Crippen MR) is 78.1 cm³/mol. The average Bonchev–Trinajstić information content (AvgIpc) is 2.92. The molecule has 2 nitrogen and oxygen atoms in total. The standard InChI is InChI=1S/C15H22N2.ClH/c1-2-15(12-6-4-3-5-7-12)17-10-13-8-16-9-14(13)11-17;/h3-7,13-16H,2,8-11H2,1H3;1H/t13-,14+,15?;.